The predicted octanol–water partition coefficient (Wildman–Crippen LogP) is 4.42. The van der Waals surface area contributed by atoms with E-state index in [0.717, 1.165) is 37.4 Å². The predicted molar refractivity (Wildman–Crippen MR) is 95.0 cm³/mol. The normalized spacial score (nSPS) is 14.7. The second-order valence-electron chi connectivity index (χ2n) is 6.25. The Labute approximate surface area is 169 Å². The molecule has 0 unspecified atom stereocenters. The van der Waals surface area contributed by atoms with Gasteiger partial charge >= 0.3 is 11.2 Å². The summed E-state index contributed by atoms with van der Waals surface area (Å²) in [6.45, 7) is -0.0363. The van der Waals surface area contributed by atoms with Crippen molar-refractivity contribution in [2.45, 2.75) is 36.7 Å². The van der Waals surface area contributed by atoms with Crippen LogP contribution in [0, 0.1) is 10.8 Å². The Morgan fingerprint density at radius 1 is 1.24 bits per heavy atom. The zero-order valence-electron chi connectivity index (χ0n) is 14.6. The van der Waals surface area contributed by atoms with E-state index in [2.05, 4.69) is 25.7 Å². The summed E-state index contributed by atoms with van der Waals surface area (Å²) < 4.78 is 74.6. The largest absolute Gasteiger partial charge is 0.573 e. The van der Waals surface area contributed by atoms with Gasteiger partial charge in [-0.05, 0) is 52.5 Å². The van der Waals surface area contributed by atoms with Gasteiger partial charge in [0.25, 0.3) is 0 Å². The monoisotopic (exact) mass is 480 g/mol. The van der Waals surface area contributed by atoms with Gasteiger partial charge in [0.2, 0.25) is 0 Å². The highest BCUT2D eigenvalue weighted by Crippen LogP contribution is 2.32. The van der Waals surface area contributed by atoms with Gasteiger partial charge in [0.1, 0.15) is 11.2 Å². The molecule has 0 atom stereocenters. The van der Waals surface area contributed by atoms with E-state index < -0.39 is 28.3 Å². The van der Waals surface area contributed by atoms with E-state index in [1.165, 1.54) is 6.07 Å². The van der Waals surface area contributed by atoms with Crippen LogP contribution < -0.4 is 10.2 Å². The van der Waals surface area contributed by atoms with Crippen LogP contribution in [0.3, 0.4) is 0 Å². The third kappa shape index (κ3) is 5.60. The van der Waals surface area contributed by atoms with E-state index in [-0.39, 0.29) is 18.4 Å². The highest BCUT2D eigenvalue weighted by atomic mass is 79.9. The summed E-state index contributed by atoms with van der Waals surface area (Å²) in [6.07, 6.45) is -1.16. The van der Waals surface area contributed by atoms with Gasteiger partial charge in [0.15, 0.2) is 5.84 Å². The van der Waals surface area contributed by atoms with Gasteiger partial charge in [0.05, 0.1) is 24.6 Å². The van der Waals surface area contributed by atoms with E-state index in [1.807, 2.05) is 0 Å². The van der Waals surface area contributed by atoms with Gasteiger partial charge in [0, 0.05) is 11.8 Å². The summed E-state index contributed by atoms with van der Waals surface area (Å²) in [6, 6.07) is 3.49. The van der Waals surface area contributed by atoms with E-state index in [9.17, 15) is 22.0 Å². The lowest BCUT2D eigenvalue weighted by molar-refractivity contribution is -0.274. The summed E-state index contributed by atoms with van der Waals surface area (Å²) >= 11 is 2.07. The summed E-state index contributed by atoms with van der Waals surface area (Å²) in [5.41, 5.74) is 0.216. The van der Waals surface area contributed by atoms with Crippen LogP contribution in [-0.2, 0) is 11.3 Å². The molecule has 1 heterocycles. The molecule has 0 bridgehead atoms. The third-order valence-corrected chi connectivity index (χ3v) is 4.31. The summed E-state index contributed by atoms with van der Waals surface area (Å²) in [5.74, 6) is -1.67. The van der Waals surface area contributed by atoms with Crippen molar-refractivity contribution in [2.24, 2.45) is 0 Å². The van der Waals surface area contributed by atoms with E-state index in [4.69, 9.17) is 15.6 Å². The number of ether oxygens (including phenoxy) is 2. The first kappa shape index (κ1) is 21.4. The molecule has 0 spiro atoms. The van der Waals surface area contributed by atoms with Crippen molar-refractivity contribution >= 4 is 21.8 Å². The van der Waals surface area contributed by atoms with Crippen molar-refractivity contribution in [3.05, 3.63) is 41.6 Å². The number of hydrogen-bond donors (Lipinski definition) is 2. The van der Waals surface area contributed by atoms with Gasteiger partial charge in [-0.1, -0.05) is 0 Å². The third-order valence-electron chi connectivity index (χ3n) is 3.93. The lowest BCUT2D eigenvalue weighted by Gasteiger charge is -2.16. The molecule has 0 aliphatic heterocycles. The molecule has 2 N–H and O–H groups in total. The average Bonchev–Trinajstić information content (AvgIpc) is 3.42. The minimum atomic E-state index is -4.87. The molecule has 0 amide bonds. The smallest absolute Gasteiger partial charge is 0.406 e. The zero-order valence-corrected chi connectivity index (χ0v) is 16.2. The molecule has 1 aliphatic rings. The maximum absolute atomic E-state index is 13.4. The number of aromatic nitrogens is 2. The van der Waals surface area contributed by atoms with Crippen LogP contribution in [0.25, 0.3) is 11.3 Å². The maximum Gasteiger partial charge on any atom is 0.573 e. The molecule has 1 aromatic heterocycles. The Morgan fingerprint density at radius 2 is 1.93 bits per heavy atom. The summed E-state index contributed by atoms with van der Waals surface area (Å²) in [5, 5.41) is 15.3. The van der Waals surface area contributed by atoms with Crippen LogP contribution in [0.15, 0.2) is 30.6 Å². The van der Waals surface area contributed by atoms with Crippen LogP contribution in [0.4, 0.5) is 22.0 Å². The second kappa shape index (κ2) is 7.82. The summed E-state index contributed by atoms with van der Waals surface area (Å²) in [4.78, 5) is 0.311. The van der Waals surface area contributed by atoms with Crippen molar-refractivity contribution in [1.82, 2.24) is 9.55 Å². The fourth-order valence-electron chi connectivity index (χ4n) is 2.46. The quantitative estimate of drug-likeness (QED) is 0.278. The molecule has 1 aliphatic carbocycles. The molecule has 2 aromatic rings. The molecule has 6 nitrogen and oxygen atoms in total. The molecule has 0 radical (unpaired) electrons. The fraction of sp³-hybridized carbons (Fsp3) is 0.353. The molecule has 29 heavy (non-hydrogen) atoms. The van der Waals surface area contributed by atoms with Gasteiger partial charge in [-0.25, -0.2) is 0 Å². The molecule has 12 heteroatoms. The number of halogens is 6. The number of benzene rings is 1. The zero-order chi connectivity index (χ0) is 21.4. The second-order valence-corrected chi connectivity index (χ2v) is 7.25. The maximum atomic E-state index is 13.4. The minimum absolute atomic E-state index is 0.0174. The average molecular weight is 481 g/mol. The molecular formula is C17H14BrF5N4O2. The van der Waals surface area contributed by atoms with Crippen molar-refractivity contribution in [1.29, 1.82) is 10.8 Å². The van der Waals surface area contributed by atoms with Crippen LogP contribution in [-0.4, -0.2) is 32.7 Å². The van der Waals surface area contributed by atoms with Gasteiger partial charge in [-0.15, -0.1) is 13.2 Å². The van der Waals surface area contributed by atoms with Crippen LogP contribution >= 0.6 is 15.9 Å². The lowest BCUT2D eigenvalue weighted by atomic mass is 10.0. The number of nitrogens with one attached hydrogen (secondary N) is 2. The number of hydrogen-bond acceptors (Lipinski definition) is 5. The Kier molecular flexibility index (Phi) is 5.77. The van der Waals surface area contributed by atoms with Crippen LogP contribution in [0.2, 0.25) is 0 Å². The van der Waals surface area contributed by atoms with E-state index in [0.29, 0.717) is 15.7 Å². The van der Waals surface area contributed by atoms with Crippen molar-refractivity contribution < 1.29 is 31.4 Å². The van der Waals surface area contributed by atoms with Gasteiger partial charge < -0.3 is 9.47 Å². The Bertz CT molecular complexity index is 983. The SMILES string of the molecule is N=C(n1cc(-c2ccc(OC(F)(F)F)cc2COC2CC2)ncc1=N)C(F)(F)Br. The van der Waals surface area contributed by atoms with Gasteiger partial charge in [-0.3, -0.25) is 20.4 Å². The van der Waals surface area contributed by atoms with Crippen LogP contribution in [0.5, 0.6) is 5.75 Å². The number of rotatable bonds is 6. The highest BCUT2D eigenvalue weighted by Gasteiger charge is 2.33. The van der Waals surface area contributed by atoms with E-state index >= 15 is 0 Å². The first-order valence-electron chi connectivity index (χ1n) is 8.24. The molecule has 156 valence electrons. The Balaban J connectivity index is 2.02. The Hall–Kier alpha value is -2.34. The number of alkyl halides is 6. The topological polar surface area (TPSA) is 84.0 Å². The van der Waals surface area contributed by atoms with Crippen molar-refractivity contribution in [3.63, 3.8) is 0 Å². The number of nitrogens with zero attached hydrogens (tertiary/aromatic N) is 2. The minimum Gasteiger partial charge on any atom is -0.406 e. The standard InChI is InChI=1S/C17H14BrF5N4O2/c18-16(19,20)15(25)27-7-13(26-6-14(27)24)12-4-3-11(29-17(21,22)23)5-9(12)8-28-10-1-2-10/h3-7,10,24-25H,1-2,8H2. The van der Waals surface area contributed by atoms with Gasteiger partial charge in [-0.2, -0.15) is 8.78 Å². The van der Waals surface area contributed by atoms with Crippen LogP contribution in [0.1, 0.15) is 18.4 Å². The molecule has 0 saturated heterocycles. The molecule has 1 aromatic carbocycles. The van der Waals surface area contributed by atoms with Crippen molar-refractivity contribution in [3.8, 4) is 17.0 Å². The molecule has 3 rings (SSSR count). The lowest BCUT2D eigenvalue weighted by Crippen LogP contribution is -2.35. The molecule has 1 fully saturated rings. The highest BCUT2D eigenvalue weighted by molar-refractivity contribution is 9.10. The molecule has 1 saturated carbocycles. The van der Waals surface area contributed by atoms with E-state index in [1.54, 1.807) is 0 Å². The first-order chi connectivity index (χ1) is 13.4. The molecular weight excluding hydrogens is 467 g/mol. The summed E-state index contributed by atoms with van der Waals surface area (Å²) in [7, 11) is 0. The Morgan fingerprint density at radius 3 is 2.52 bits per heavy atom. The first-order valence-corrected chi connectivity index (χ1v) is 9.03. The van der Waals surface area contributed by atoms with Crippen molar-refractivity contribution in [2.75, 3.05) is 0 Å². The fourth-order valence-corrected chi connectivity index (χ4v) is 2.65.